The van der Waals surface area contributed by atoms with E-state index in [2.05, 4.69) is 19.4 Å². The molecule has 0 aliphatic rings. The molecule has 2 aromatic rings. The van der Waals surface area contributed by atoms with Crippen LogP contribution in [0.1, 0.15) is 16.8 Å². The maximum atomic E-state index is 12.6. The summed E-state index contributed by atoms with van der Waals surface area (Å²) in [5.41, 5.74) is 1.83. The molecular formula is C15H17N3O5. The van der Waals surface area contributed by atoms with Gasteiger partial charge in [0.2, 0.25) is 0 Å². The average Bonchev–Trinajstić information content (AvgIpc) is 3.04. The molecule has 23 heavy (non-hydrogen) atoms. The maximum Gasteiger partial charge on any atom is 0.325 e. The van der Waals surface area contributed by atoms with E-state index in [0.29, 0.717) is 11.1 Å². The fraction of sp³-hybridized carbons (Fsp3) is 0.333. The predicted octanol–water partition coefficient (Wildman–Crippen LogP) is 0.741. The number of imidazole rings is 1. The van der Waals surface area contributed by atoms with Gasteiger partial charge in [-0.15, -0.1) is 0 Å². The van der Waals surface area contributed by atoms with Crippen molar-refractivity contribution in [1.29, 1.82) is 0 Å². The van der Waals surface area contributed by atoms with Gasteiger partial charge in [0, 0.05) is 12.1 Å². The summed E-state index contributed by atoms with van der Waals surface area (Å²) in [4.78, 5) is 43.6. The second-order valence-corrected chi connectivity index (χ2v) is 4.76. The van der Waals surface area contributed by atoms with Crippen LogP contribution in [0.4, 0.5) is 0 Å². The van der Waals surface area contributed by atoms with Gasteiger partial charge in [0.1, 0.15) is 6.54 Å². The first kappa shape index (κ1) is 16.5. The summed E-state index contributed by atoms with van der Waals surface area (Å²) < 4.78 is 9.15. The Balaban J connectivity index is 2.19. The Labute approximate surface area is 132 Å². The first-order valence-corrected chi connectivity index (χ1v) is 6.91. The number of methoxy groups -OCH3 is 2. The topological polar surface area (TPSA) is 102 Å². The highest BCUT2D eigenvalue weighted by Gasteiger charge is 2.20. The van der Waals surface area contributed by atoms with Gasteiger partial charge in [0.05, 0.1) is 38.0 Å². The lowest BCUT2D eigenvalue weighted by Crippen LogP contribution is -2.37. The summed E-state index contributed by atoms with van der Waals surface area (Å²) >= 11 is 0. The zero-order valence-corrected chi connectivity index (χ0v) is 12.9. The van der Waals surface area contributed by atoms with Crippen LogP contribution in [0, 0.1) is 0 Å². The minimum atomic E-state index is -0.564. The molecule has 2 rings (SSSR count). The lowest BCUT2D eigenvalue weighted by molar-refractivity contribution is -0.143. The molecule has 8 heteroatoms. The summed E-state index contributed by atoms with van der Waals surface area (Å²) in [6, 6.07) is 4.97. The molecule has 0 spiro atoms. The number of nitrogens with zero attached hydrogens (tertiary/aromatic N) is 2. The van der Waals surface area contributed by atoms with E-state index >= 15 is 0 Å². The number of carbonyl (C=O) groups excluding carboxylic acids is 3. The van der Waals surface area contributed by atoms with E-state index < -0.39 is 11.9 Å². The number of esters is 2. The van der Waals surface area contributed by atoms with Crippen LogP contribution < -0.4 is 0 Å². The van der Waals surface area contributed by atoms with Gasteiger partial charge in [0.25, 0.3) is 5.91 Å². The number of benzene rings is 1. The molecule has 0 saturated heterocycles. The van der Waals surface area contributed by atoms with Crippen molar-refractivity contribution in [2.45, 2.75) is 6.42 Å². The highest BCUT2D eigenvalue weighted by atomic mass is 16.5. The molecule has 0 fully saturated rings. The molecule has 1 N–H and O–H groups in total. The quantitative estimate of drug-likeness (QED) is 0.788. The number of amides is 1. The monoisotopic (exact) mass is 319 g/mol. The van der Waals surface area contributed by atoms with Gasteiger partial charge in [-0.25, -0.2) is 4.98 Å². The van der Waals surface area contributed by atoms with Gasteiger partial charge in [0.15, 0.2) is 0 Å². The predicted molar refractivity (Wildman–Crippen MR) is 80.6 cm³/mol. The summed E-state index contributed by atoms with van der Waals surface area (Å²) in [7, 11) is 2.50. The molecule has 1 amide bonds. The van der Waals surface area contributed by atoms with Crippen molar-refractivity contribution < 1.29 is 23.9 Å². The zero-order chi connectivity index (χ0) is 16.8. The number of aromatic nitrogens is 2. The van der Waals surface area contributed by atoms with Crippen molar-refractivity contribution in [3.8, 4) is 0 Å². The molecule has 1 heterocycles. The van der Waals surface area contributed by atoms with Crippen molar-refractivity contribution in [3.63, 3.8) is 0 Å². The number of aromatic amines is 1. The zero-order valence-electron chi connectivity index (χ0n) is 12.9. The first-order valence-electron chi connectivity index (χ1n) is 6.91. The third-order valence-electron chi connectivity index (χ3n) is 3.32. The van der Waals surface area contributed by atoms with Gasteiger partial charge in [-0.3, -0.25) is 14.4 Å². The molecule has 0 aliphatic carbocycles. The molecule has 0 saturated carbocycles. The smallest absolute Gasteiger partial charge is 0.325 e. The highest BCUT2D eigenvalue weighted by Crippen LogP contribution is 2.14. The van der Waals surface area contributed by atoms with Gasteiger partial charge in [-0.05, 0) is 18.2 Å². The number of H-pyrrole nitrogens is 1. The molecule has 0 atom stereocenters. The summed E-state index contributed by atoms with van der Waals surface area (Å²) in [6.45, 7) is -0.186. The molecule has 1 aromatic carbocycles. The van der Waals surface area contributed by atoms with Crippen LogP contribution in [0.15, 0.2) is 24.5 Å². The maximum absolute atomic E-state index is 12.6. The van der Waals surface area contributed by atoms with Crippen LogP contribution in [-0.2, 0) is 19.1 Å². The number of carbonyl (C=O) groups is 3. The first-order chi connectivity index (χ1) is 11.0. The highest BCUT2D eigenvalue weighted by molar-refractivity contribution is 5.98. The van der Waals surface area contributed by atoms with Crippen molar-refractivity contribution >= 4 is 28.9 Å². The van der Waals surface area contributed by atoms with Crippen molar-refractivity contribution in [1.82, 2.24) is 14.9 Å². The molecule has 1 aromatic heterocycles. The second-order valence-electron chi connectivity index (χ2n) is 4.76. The second kappa shape index (κ2) is 7.39. The number of hydrogen-bond donors (Lipinski definition) is 1. The number of rotatable bonds is 6. The number of nitrogens with one attached hydrogen (secondary N) is 1. The Morgan fingerprint density at radius 2 is 1.91 bits per heavy atom. The Hall–Kier alpha value is -2.90. The lowest BCUT2D eigenvalue weighted by atomic mass is 10.1. The van der Waals surface area contributed by atoms with Crippen LogP contribution in [0.5, 0.6) is 0 Å². The van der Waals surface area contributed by atoms with Crippen molar-refractivity contribution in [3.05, 3.63) is 30.1 Å². The summed E-state index contributed by atoms with van der Waals surface area (Å²) in [6.07, 6.45) is 1.52. The molecule has 0 unspecified atom stereocenters. The van der Waals surface area contributed by atoms with Crippen molar-refractivity contribution in [2.75, 3.05) is 27.3 Å². The minimum Gasteiger partial charge on any atom is -0.469 e. The Morgan fingerprint density at radius 1 is 1.17 bits per heavy atom. The minimum absolute atomic E-state index is 0.00840. The van der Waals surface area contributed by atoms with Crippen LogP contribution in [0.3, 0.4) is 0 Å². The van der Waals surface area contributed by atoms with E-state index in [1.807, 2.05) is 0 Å². The third-order valence-corrected chi connectivity index (χ3v) is 3.32. The summed E-state index contributed by atoms with van der Waals surface area (Å²) in [5.74, 6) is -1.40. The van der Waals surface area contributed by atoms with E-state index in [4.69, 9.17) is 0 Å². The van der Waals surface area contributed by atoms with Crippen LogP contribution in [0.25, 0.3) is 11.0 Å². The third kappa shape index (κ3) is 4.06. The molecule has 0 radical (unpaired) electrons. The fourth-order valence-electron chi connectivity index (χ4n) is 2.05. The Bertz CT molecular complexity index is 725. The van der Waals surface area contributed by atoms with Gasteiger partial charge >= 0.3 is 11.9 Å². The van der Waals surface area contributed by atoms with Crippen LogP contribution in [0.2, 0.25) is 0 Å². The van der Waals surface area contributed by atoms with E-state index in [-0.39, 0.29) is 25.4 Å². The van der Waals surface area contributed by atoms with Gasteiger partial charge in [-0.1, -0.05) is 0 Å². The molecule has 122 valence electrons. The molecule has 0 aliphatic heterocycles. The normalized spacial score (nSPS) is 10.3. The molecular weight excluding hydrogens is 302 g/mol. The fourth-order valence-corrected chi connectivity index (χ4v) is 2.05. The molecule has 8 nitrogen and oxygen atoms in total. The van der Waals surface area contributed by atoms with Crippen LogP contribution >= 0.6 is 0 Å². The molecule has 0 bridgehead atoms. The van der Waals surface area contributed by atoms with Crippen LogP contribution in [-0.4, -0.2) is 60.0 Å². The van der Waals surface area contributed by atoms with E-state index in [9.17, 15) is 14.4 Å². The van der Waals surface area contributed by atoms with E-state index in [1.165, 1.54) is 25.4 Å². The number of fused-ring (bicyclic) bond motifs is 1. The number of hydrogen-bond acceptors (Lipinski definition) is 6. The average molecular weight is 319 g/mol. The van der Waals surface area contributed by atoms with Gasteiger partial charge < -0.3 is 19.4 Å². The number of ether oxygens (including phenoxy) is 2. The largest absolute Gasteiger partial charge is 0.469 e. The Morgan fingerprint density at radius 3 is 2.61 bits per heavy atom. The Kier molecular flexibility index (Phi) is 5.29. The van der Waals surface area contributed by atoms with Crippen molar-refractivity contribution in [2.24, 2.45) is 0 Å². The SMILES string of the molecule is COC(=O)CCN(CC(=O)OC)C(=O)c1ccc2nc[nH]c2c1. The van der Waals surface area contributed by atoms with Gasteiger partial charge in [-0.2, -0.15) is 0 Å². The summed E-state index contributed by atoms with van der Waals surface area (Å²) in [5, 5.41) is 0. The standard InChI is InChI=1S/C15H17N3O5/c1-22-13(19)5-6-18(8-14(20)23-2)15(21)10-3-4-11-12(7-10)17-9-16-11/h3-4,7,9H,5-6,8H2,1-2H3,(H,16,17). The van der Waals surface area contributed by atoms with E-state index in [0.717, 1.165) is 5.52 Å². The lowest BCUT2D eigenvalue weighted by Gasteiger charge is -2.21. The van der Waals surface area contributed by atoms with E-state index in [1.54, 1.807) is 18.2 Å².